The van der Waals surface area contributed by atoms with Gasteiger partial charge in [0.05, 0.1) is 18.4 Å². The number of rotatable bonds is 3. The van der Waals surface area contributed by atoms with E-state index < -0.39 is 0 Å². The van der Waals surface area contributed by atoms with Crippen LogP contribution < -0.4 is 0 Å². The molecule has 3 nitrogen and oxygen atoms in total. The lowest BCUT2D eigenvalue weighted by Crippen LogP contribution is -2.23. The van der Waals surface area contributed by atoms with Gasteiger partial charge in [0, 0.05) is 17.3 Å². The Hall–Kier alpha value is -1.69. The minimum atomic E-state index is -0.309. The van der Waals surface area contributed by atoms with Crippen LogP contribution in [-0.4, -0.2) is 12.6 Å². The smallest absolute Gasteiger partial charge is 0.341 e. The second kappa shape index (κ2) is 3.90. The quantitative estimate of drug-likeness (QED) is 0.617. The van der Waals surface area contributed by atoms with Gasteiger partial charge in [-0.2, -0.15) is 0 Å². The molecule has 1 aromatic heterocycles. The van der Waals surface area contributed by atoms with Gasteiger partial charge in [-0.05, 0) is 17.9 Å². The van der Waals surface area contributed by atoms with E-state index in [0.717, 1.165) is 6.42 Å². The fourth-order valence-electron chi connectivity index (χ4n) is 3.45. The zero-order valence-electron chi connectivity index (χ0n) is 11.5. The van der Waals surface area contributed by atoms with E-state index in [0.29, 0.717) is 24.0 Å². The van der Waals surface area contributed by atoms with Crippen molar-refractivity contribution in [2.45, 2.75) is 27.2 Å². The van der Waals surface area contributed by atoms with Crippen LogP contribution in [0, 0.1) is 34.5 Å². The van der Waals surface area contributed by atoms with Crippen LogP contribution in [0.1, 0.15) is 37.6 Å². The van der Waals surface area contributed by atoms with E-state index in [9.17, 15) is 4.79 Å². The van der Waals surface area contributed by atoms with Crippen LogP contribution in [0.4, 0.5) is 0 Å². The van der Waals surface area contributed by atoms with E-state index in [1.807, 2.05) is 0 Å². The summed E-state index contributed by atoms with van der Waals surface area (Å²) in [4.78, 5) is 11.9. The Bertz CT molecular complexity index is 559. The standard InChI is InChI=1S/C16H18O3/c1-11-4-5-13-15(2,3)16(13,8-11)10-19-14(17)12-6-7-18-9-12/h6-7,9,11,13H,8,10H2,1-3H3. The Balaban J connectivity index is 1.71. The van der Waals surface area contributed by atoms with Gasteiger partial charge in [0.25, 0.3) is 0 Å². The molecule has 3 heteroatoms. The summed E-state index contributed by atoms with van der Waals surface area (Å²) in [5, 5.41) is 0. The summed E-state index contributed by atoms with van der Waals surface area (Å²) in [5.74, 6) is 7.02. The number of ether oxygens (including phenoxy) is 1. The van der Waals surface area contributed by atoms with Crippen LogP contribution >= 0.6 is 0 Å². The molecule has 3 atom stereocenters. The first-order chi connectivity index (χ1) is 8.97. The molecule has 0 amide bonds. The molecule has 0 saturated heterocycles. The van der Waals surface area contributed by atoms with Crippen molar-refractivity contribution in [2.24, 2.45) is 22.7 Å². The lowest BCUT2D eigenvalue weighted by Gasteiger charge is -2.22. The predicted molar refractivity (Wildman–Crippen MR) is 70.3 cm³/mol. The number of furan rings is 1. The molecule has 1 fully saturated rings. The normalized spacial score (nSPS) is 33.8. The van der Waals surface area contributed by atoms with Crippen molar-refractivity contribution in [1.82, 2.24) is 0 Å². The summed E-state index contributed by atoms with van der Waals surface area (Å²) in [6.07, 6.45) is 3.90. The molecular formula is C16H18O3. The molecule has 1 aromatic rings. The lowest BCUT2D eigenvalue weighted by atomic mass is 9.85. The first-order valence-electron chi connectivity index (χ1n) is 6.68. The zero-order valence-corrected chi connectivity index (χ0v) is 11.5. The molecule has 1 saturated carbocycles. The van der Waals surface area contributed by atoms with Gasteiger partial charge in [-0.3, -0.25) is 0 Å². The monoisotopic (exact) mass is 258 g/mol. The average molecular weight is 258 g/mol. The van der Waals surface area contributed by atoms with Gasteiger partial charge in [0.2, 0.25) is 0 Å². The summed E-state index contributed by atoms with van der Waals surface area (Å²) < 4.78 is 10.4. The van der Waals surface area contributed by atoms with E-state index >= 15 is 0 Å². The molecule has 0 radical (unpaired) electrons. The van der Waals surface area contributed by atoms with E-state index in [4.69, 9.17) is 9.15 Å². The van der Waals surface area contributed by atoms with Gasteiger partial charge in [-0.15, -0.1) is 0 Å². The lowest BCUT2D eigenvalue weighted by molar-refractivity contribution is 0.0352. The van der Waals surface area contributed by atoms with Crippen molar-refractivity contribution in [3.8, 4) is 11.8 Å². The number of hydrogen-bond acceptors (Lipinski definition) is 3. The molecule has 100 valence electrons. The van der Waals surface area contributed by atoms with E-state index in [2.05, 4.69) is 32.6 Å². The van der Waals surface area contributed by atoms with Crippen LogP contribution in [0.5, 0.6) is 0 Å². The number of esters is 1. The van der Waals surface area contributed by atoms with E-state index in [-0.39, 0.29) is 16.8 Å². The molecule has 0 bridgehead atoms. The molecule has 0 aromatic carbocycles. The molecule has 0 N–H and O–H groups in total. The molecule has 0 aliphatic heterocycles. The molecule has 3 unspecified atom stereocenters. The highest BCUT2D eigenvalue weighted by molar-refractivity contribution is 5.88. The Morgan fingerprint density at radius 2 is 2.32 bits per heavy atom. The summed E-state index contributed by atoms with van der Waals surface area (Å²) in [6, 6.07) is 1.62. The maximum atomic E-state index is 11.9. The fraction of sp³-hybridized carbons (Fsp3) is 0.562. The van der Waals surface area contributed by atoms with Crippen molar-refractivity contribution in [3.63, 3.8) is 0 Å². The highest BCUT2D eigenvalue weighted by Gasteiger charge is 2.71. The second-order valence-corrected chi connectivity index (χ2v) is 6.29. The van der Waals surface area contributed by atoms with Gasteiger partial charge in [0.15, 0.2) is 0 Å². The van der Waals surface area contributed by atoms with Gasteiger partial charge in [-0.1, -0.05) is 32.6 Å². The Kier molecular flexibility index (Phi) is 2.53. The number of carbonyl (C=O) groups excluding carboxylic acids is 1. The van der Waals surface area contributed by atoms with Crippen molar-refractivity contribution >= 4 is 5.97 Å². The fourth-order valence-corrected chi connectivity index (χ4v) is 3.45. The Morgan fingerprint density at radius 3 is 3.00 bits per heavy atom. The summed E-state index contributed by atoms with van der Waals surface area (Å²) >= 11 is 0. The summed E-state index contributed by atoms with van der Waals surface area (Å²) in [5.41, 5.74) is 0.653. The zero-order chi connectivity index (χ0) is 13.7. The van der Waals surface area contributed by atoms with Crippen LogP contribution in [0.2, 0.25) is 0 Å². The minimum absolute atomic E-state index is 0.0388. The van der Waals surface area contributed by atoms with Crippen molar-refractivity contribution in [2.75, 3.05) is 6.61 Å². The largest absolute Gasteiger partial charge is 0.472 e. The summed E-state index contributed by atoms with van der Waals surface area (Å²) in [7, 11) is 0. The van der Waals surface area contributed by atoms with Crippen LogP contribution in [0.15, 0.2) is 23.0 Å². The molecule has 0 spiro atoms. The van der Waals surface area contributed by atoms with Crippen molar-refractivity contribution in [1.29, 1.82) is 0 Å². The van der Waals surface area contributed by atoms with Gasteiger partial charge >= 0.3 is 5.97 Å². The van der Waals surface area contributed by atoms with Gasteiger partial charge in [0.1, 0.15) is 6.26 Å². The highest BCUT2D eigenvalue weighted by atomic mass is 16.5. The third-order valence-corrected chi connectivity index (χ3v) is 4.84. The third-order valence-electron chi connectivity index (χ3n) is 4.84. The number of fused-ring (bicyclic) bond motifs is 1. The first kappa shape index (κ1) is 12.3. The number of hydrogen-bond donors (Lipinski definition) is 0. The molecule has 2 aliphatic carbocycles. The minimum Gasteiger partial charge on any atom is -0.472 e. The molecular weight excluding hydrogens is 240 g/mol. The van der Waals surface area contributed by atoms with E-state index in [1.54, 1.807) is 6.07 Å². The van der Waals surface area contributed by atoms with Crippen LogP contribution in [0.3, 0.4) is 0 Å². The molecule has 2 aliphatic rings. The topological polar surface area (TPSA) is 39.4 Å². The first-order valence-corrected chi connectivity index (χ1v) is 6.68. The SMILES string of the molecule is CC1C#CC2C(C)(C)C2(COC(=O)c2ccoc2)C1. The number of carbonyl (C=O) groups is 1. The average Bonchev–Trinajstić information content (AvgIpc) is 2.77. The highest BCUT2D eigenvalue weighted by Crippen LogP contribution is 2.72. The van der Waals surface area contributed by atoms with E-state index in [1.165, 1.54) is 12.5 Å². The second-order valence-electron chi connectivity index (χ2n) is 6.29. The third kappa shape index (κ3) is 1.70. The summed E-state index contributed by atoms with van der Waals surface area (Å²) in [6.45, 7) is 7.02. The van der Waals surface area contributed by atoms with Crippen molar-refractivity contribution < 1.29 is 13.9 Å². The van der Waals surface area contributed by atoms with Gasteiger partial charge in [-0.25, -0.2) is 4.79 Å². The van der Waals surface area contributed by atoms with Crippen LogP contribution in [-0.2, 0) is 4.74 Å². The Labute approximate surface area is 113 Å². The Morgan fingerprint density at radius 1 is 1.53 bits per heavy atom. The predicted octanol–water partition coefficient (Wildman–Crippen LogP) is 3.12. The molecule has 1 heterocycles. The molecule has 3 rings (SSSR count). The molecule has 19 heavy (non-hydrogen) atoms. The van der Waals surface area contributed by atoms with Crippen molar-refractivity contribution in [3.05, 3.63) is 24.2 Å². The maximum Gasteiger partial charge on any atom is 0.341 e. The maximum absolute atomic E-state index is 11.9. The van der Waals surface area contributed by atoms with Gasteiger partial charge < -0.3 is 9.15 Å². The van der Waals surface area contributed by atoms with Crippen LogP contribution in [0.25, 0.3) is 0 Å².